The van der Waals surface area contributed by atoms with Gasteiger partial charge in [0.2, 0.25) is 0 Å². The zero-order valence-corrected chi connectivity index (χ0v) is 13.7. The minimum Gasteiger partial charge on any atom is -0.270 e. The third kappa shape index (κ3) is 2.98. The molecule has 0 bridgehead atoms. The summed E-state index contributed by atoms with van der Waals surface area (Å²) < 4.78 is 2.65. The average Bonchev–Trinajstić information content (AvgIpc) is 2.81. The largest absolute Gasteiger partial charge is 0.270 e. The molecule has 102 valence electrons. The van der Waals surface area contributed by atoms with Crippen molar-refractivity contribution in [3.63, 3.8) is 0 Å². The van der Waals surface area contributed by atoms with Crippen molar-refractivity contribution in [1.29, 1.82) is 0 Å². The zero-order chi connectivity index (χ0) is 14.2. The van der Waals surface area contributed by atoms with E-state index in [-0.39, 0.29) is 5.92 Å². The second-order valence-corrected chi connectivity index (χ2v) is 6.15. The molecule has 4 nitrogen and oxygen atoms in total. The lowest BCUT2D eigenvalue weighted by Crippen LogP contribution is -2.01. The fourth-order valence-corrected chi connectivity index (χ4v) is 2.50. The predicted molar refractivity (Wildman–Crippen MR) is 80.4 cm³/mol. The Labute approximate surface area is 126 Å². The van der Waals surface area contributed by atoms with E-state index >= 15 is 0 Å². The molecule has 6 heteroatoms. The van der Waals surface area contributed by atoms with Crippen LogP contribution in [-0.2, 0) is 0 Å². The van der Waals surface area contributed by atoms with Crippen LogP contribution in [0.2, 0.25) is 5.15 Å². The molecule has 0 radical (unpaired) electrons. The van der Waals surface area contributed by atoms with Gasteiger partial charge in [0.05, 0.1) is 21.9 Å². The summed E-state index contributed by atoms with van der Waals surface area (Å²) >= 11 is 9.60. The number of halogens is 2. The van der Waals surface area contributed by atoms with E-state index in [1.54, 1.807) is 6.20 Å². The third-order valence-corrected chi connectivity index (χ3v) is 4.06. The van der Waals surface area contributed by atoms with Gasteiger partial charge in [0.1, 0.15) is 5.15 Å². The molecule has 0 amide bonds. The Morgan fingerprint density at radius 3 is 2.42 bits per heavy atom. The molecule has 2 rings (SSSR count). The van der Waals surface area contributed by atoms with Gasteiger partial charge >= 0.3 is 0 Å². The summed E-state index contributed by atoms with van der Waals surface area (Å²) in [6, 6.07) is 0.309. The normalized spacial score (nSPS) is 11.6. The Hall–Kier alpha value is -0.940. The van der Waals surface area contributed by atoms with Gasteiger partial charge in [-0.25, -0.2) is 9.97 Å². The number of nitrogens with zero attached hydrogens (tertiary/aromatic N) is 4. The van der Waals surface area contributed by atoms with Crippen LogP contribution in [0.4, 0.5) is 0 Å². The molecule has 2 aromatic rings. The standard InChI is InChI=1S/C13H16BrClN4/c1-7(2)11-10(14)12(15)18-13(17-11)9-5-16-19(6-9)8(3)4/h5-8H,1-4H3. The zero-order valence-electron chi connectivity index (χ0n) is 11.4. The lowest BCUT2D eigenvalue weighted by Gasteiger charge is -2.10. The smallest absolute Gasteiger partial charge is 0.164 e. The van der Waals surface area contributed by atoms with Crippen molar-refractivity contribution in [2.45, 2.75) is 39.7 Å². The lowest BCUT2D eigenvalue weighted by molar-refractivity contribution is 0.532. The maximum absolute atomic E-state index is 6.16. The maximum Gasteiger partial charge on any atom is 0.164 e. The molecule has 19 heavy (non-hydrogen) atoms. The Morgan fingerprint density at radius 1 is 1.21 bits per heavy atom. The number of hydrogen-bond donors (Lipinski definition) is 0. The summed E-state index contributed by atoms with van der Waals surface area (Å²) in [6.45, 7) is 8.30. The third-order valence-electron chi connectivity index (χ3n) is 2.77. The second-order valence-electron chi connectivity index (χ2n) is 4.99. The van der Waals surface area contributed by atoms with Crippen molar-refractivity contribution in [2.75, 3.05) is 0 Å². The van der Waals surface area contributed by atoms with Crippen molar-refractivity contribution in [1.82, 2.24) is 19.7 Å². The van der Waals surface area contributed by atoms with Gasteiger partial charge < -0.3 is 0 Å². The summed E-state index contributed by atoms with van der Waals surface area (Å²) in [7, 11) is 0. The summed E-state index contributed by atoms with van der Waals surface area (Å²) in [4.78, 5) is 8.89. The molecule has 0 saturated heterocycles. The van der Waals surface area contributed by atoms with Crippen LogP contribution in [0.1, 0.15) is 45.3 Å². The summed E-state index contributed by atoms with van der Waals surface area (Å²) in [5.74, 6) is 0.887. The summed E-state index contributed by atoms with van der Waals surface area (Å²) in [6.07, 6.45) is 3.71. The highest BCUT2D eigenvalue weighted by Crippen LogP contribution is 2.31. The Balaban J connectivity index is 2.50. The average molecular weight is 344 g/mol. The van der Waals surface area contributed by atoms with E-state index in [2.05, 4.69) is 58.7 Å². The molecule has 0 spiro atoms. The van der Waals surface area contributed by atoms with Gasteiger partial charge in [0, 0.05) is 12.2 Å². The van der Waals surface area contributed by atoms with E-state index in [4.69, 9.17) is 11.6 Å². The van der Waals surface area contributed by atoms with E-state index in [0.717, 1.165) is 15.7 Å². The lowest BCUT2D eigenvalue weighted by atomic mass is 10.1. The van der Waals surface area contributed by atoms with Crippen LogP contribution in [0.5, 0.6) is 0 Å². The highest BCUT2D eigenvalue weighted by molar-refractivity contribution is 9.10. The first-order valence-corrected chi connectivity index (χ1v) is 7.34. The van der Waals surface area contributed by atoms with E-state index in [1.807, 2.05) is 10.9 Å². The van der Waals surface area contributed by atoms with Crippen LogP contribution in [0.3, 0.4) is 0 Å². The number of hydrogen-bond acceptors (Lipinski definition) is 3. The molecule has 2 heterocycles. The van der Waals surface area contributed by atoms with E-state index in [1.165, 1.54) is 0 Å². The first-order valence-electron chi connectivity index (χ1n) is 6.17. The van der Waals surface area contributed by atoms with E-state index in [9.17, 15) is 0 Å². The van der Waals surface area contributed by atoms with Crippen LogP contribution < -0.4 is 0 Å². The molecule has 0 aliphatic rings. The predicted octanol–water partition coefficient (Wildman–Crippen LogP) is 4.46. The molecule has 0 N–H and O–H groups in total. The summed E-state index contributed by atoms with van der Waals surface area (Å²) in [5, 5.41) is 4.74. The molecule has 2 aromatic heterocycles. The van der Waals surface area contributed by atoms with E-state index < -0.39 is 0 Å². The van der Waals surface area contributed by atoms with Crippen LogP contribution in [0.25, 0.3) is 11.4 Å². The molecule has 0 fully saturated rings. The number of aromatic nitrogens is 4. The highest BCUT2D eigenvalue weighted by Gasteiger charge is 2.15. The van der Waals surface area contributed by atoms with Gasteiger partial charge in [-0.2, -0.15) is 5.10 Å². The van der Waals surface area contributed by atoms with Crippen LogP contribution in [0, 0.1) is 0 Å². The van der Waals surface area contributed by atoms with Gasteiger partial charge in [-0.15, -0.1) is 0 Å². The van der Waals surface area contributed by atoms with Crippen LogP contribution >= 0.6 is 27.5 Å². The Kier molecular flexibility index (Phi) is 4.26. The minimum absolute atomic E-state index is 0.272. The molecule has 0 aliphatic heterocycles. The topological polar surface area (TPSA) is 43.6 Å². The van der Waals surface area contributed by atoms with Crippen molar-refractivity contribution in [3.05, 3.63) is 27.7 Å². The van der Waals surface area contributed by atoms with Crippen molar-refractivity contribution in [2.24, 2.45) is 0 Å². The van der Waals surface area contributed by atoms with Crippen LogP contribution in [0.15, 0.2) is 16.9 Å². The van der Waals surface area contributed by atoms with E-state index in [0.29, 0.717) is 17.0 Å². The van der Waals surface area contributed by atoms with Gasteiger partial charge in [0.15, 0.2) is 5.82 Å². The SMILES string of the molecule is CC(C)c1nc(-c2cnn(C(C)C)c2)nc(Cl)c1Br. The first kappa shape index (κ1) is 14.5. The van der Waals surface area contributed by atoms with Gasteiger partial charge in [0.25, 0.3) is 0 Å². The fourth-order valence-electron chi connectivity index (χ4n) is 1.68. The Bertz CT molecular complexity index is 592. The number of rotatable bonds is 3. The monoisotopic (exact) mass is 342 g/mol. The minimum atomic E-state index is 0.272. The summed E-state index contributed by atoms with van der Waals surface area (Å²) in [5.41, 5.74) is 1.79. The van der Waals surface area contributed by atoms with Crippen molar-refractivity contribution in [3.8, 4) is 11.4 Å². The van der Waals surface area contributed by atoms with Crippen molar-refractivity contribution < 1.29 is 0 Å². The molecule has 0 atom stereocenters. The molecule has 0 unspecified atom stereocenters. The molecule has 0 aromatic carbocycles. The van der Waals surface area contributed by atoms with Gasteiger partial charge in [-0.3, -0.25) is 4.68 Å². The molecule has 0 aliphatic carbocycles. The molecular formula is C13H16BrClN4. The fraction of sp³-hybridized carbons (Fsp3) is 0.462. The quantitative estimate of drug-likeness (QED) is 0.773. The Morgan fingerprint density at radius 2 is 1.89 bits per heavy atom. The van der Waals surface area contributed by atoms with Crippen molar-refractivity contribution >= 4 is 27.5 Å². The van der Waals surface area contributed by atoms with Gasteiger partial charge in [-0.05, 0) is 35.7 Å². The first-order chi connectivity index (χ1) is 8.90. The highest BCUT2D eigenvalue weighted by atomic mass is 79.9. The van der Waals surface area contributed by atoms with Gasteiger partial charge in [-0.1, -0.05) is 25.4 Å². The maximum atomic E-state index is 6.16. The molecule has 0 saturated carbocycles. The molecular weight excluding hydrogens is 328 g/mol. The van der Waals surface area contributed by atoms with Crippen LogP contribution in [-0.4, -0.2) is 19.7 Å². The second kappa shape index (κ2) is 5.59.